The first kappa shape index (κ1) is 18.0. The largest absolute Gasteiger partial charge is 0.496 e. The van der Waals surface area contributed by atoms with Crippen molar-refractivity contribution < 1.29 is 18.1 Å². The maximum Gasteiger partial charge on any atom is 0.271 e. The molecule has 2 rings (SSSR count). The molecule has 0 bridgehead atoms. The van der Waals surface area contributed by atoms with Crippen LogP contribution in [0.3, 0.4) is 0 Å². The van der Waals surface area contributed by atoms with Crippen molar-refractivity contribution in [3.8, 4) is 5.75 Å². The predicted molar refractivity (Wildman–Crippen MR) is 91.4 cm³/mol. The molecule has 2 aromatic carbocycles. The van der Waals surface area contributed by atoms with E-state index in [0.29, 0.717) is 16.9 Å². The Labute approximate surface area is 144 Å². The van der Waals surface area contributed by atoms with Gasteiger partial charge in [0.15, 0.2) is 0 Å². The number of anilines is 1. The fraction of sp³-hybridized carbons (Fsp3) is 0.200. The number of nitro groups is 1. The summed E-state index contributed by atoms with van der Waals surface area (Å²) in [6.07, 6.45) is 0. The average molecular weight is 371 g/mol. The highest BCUT2D eigenvalue weighted by molar-refractivity contribution is 7.92. The molecule has 0 amide bonds. The number of rotatable bonds is 5. The third-order valence-electron chi connectivity index (χ3n) is 3.39. The van der Waals surface area contributed by atoms with Gasteiger partial charge in [0.25, 0.3) is 15.7 Å². The second-order valence-corrected chi connectivity index (χ2v) is 7.17. The first-order valence-corrected chi connectivity index (χ1v) is 8.64. The van der Waals surface area contributed by atoms with Crippen LogP contribution < -0.4 is 9.46 Å². The van der Waals surface area contributed by atoms with Crippen LogP contribution in [0, 0.1) is 24.0 Å². The Bertz CT molecular complexity index is 912. The van der Waals surface area contributed by atoms with Crippen molar-refractivity contribution in [1.29, 1.82) is 0 Å². The van der Waals surface area contributed by atoms with Gasteiger partial charge in [-0.15, -0.1) is 0 Å². The molecule has 0 fully saturated rings. The number of benzene rings is 2. The molecule has 0 heterocycles. The van der Waals surface area contributed by atoms with E-state index in [4.69, 9.17) is 16.3 Å². The van der Waals surface area contributed by atoms with Crippen molar-refractivity contribution in [3.05, 3.63) is 56.6 Å². The Morgan fingerprint density at radius 3 is 2.42 bits per heavy atom. The third-order valence-corrected chi connectivity index (χ3v) is 5.22. The van der Waals surface area contributed by atoms with Gasteiger partial charge in [0.05, 0.1) is 27.6 Å². The quantitative estimate of drug-likeness (QED) is 0.639. The van der Waals surface area contributed by atoms with Crippen molar-refractivity contribution >= 4 is 33.0 Å². The Kier molecular flexibility index (Phi) is 5.00. The van der Waals surface area contributed by atoms with Crippen molar-refractivity contribution in [1.82, 2.24) is 0 Å². The van der Waals surface area contributed by atoms with Gasteiger partial charge in [-0.05, 0) is 43.2 Å². The van der Waals surface area contributed by atoms with E-state index in [2.05, 4.69) is 4.72 Å². The van der Waals surface area contributed by atoms with Gasteiger partial charge in [-0.1, -0.05) is 11.6 Å². The van der Waals surface area contributed by atoms with E-state index in [0.717, 1.165) is 6.07 Å². The third kappa shape index (κ3) is 3.60. The molecule has 24 heavy (non-hydrogen) atoms. The molecule has 0 aliphatic heterocycles. The summed E-state index contributed by atoms with van der Waals surface area (Å²) in [7, 11) is -2.47. The number of sulfonamides is 1. The van der Waals surface area contributed by atoms with Crippen LogP contribution in [0.4, 0.5) is 11.4 Å². The highest BCUT2D eigenvalue weighted by atomic mass is 35.5. The number of non-ortho nitro benzene ring substituents is 1. The minimum atomic E-state index is -3.97. The minimum absolute atomic E-state index is 0.0448. The molecular weight excluding hydrogens is 356 g/mol. The predicted octanol–water partition coefficient (Wildman–Crippen LogP) is 3.67. The summed E-state index contributed by atoms with van der Waals surface area (Å²) in [4.78, 5) is 10.3. The zero-order valence-electron chi connectivity index (χ0n) is 13.2. The highest BCUT2D eigenvalue weighted by Gasteiger charge is 2.21. The van der Waals surface area contributed by atoms with Crippen molar-refractivity contribution in [2.75, 3.05) is 11.8 Å². The van der Waals surface area contributed by atoms with Crippen LogP contribution in [0.15, 0.2) is 35.2 Å². The summed E-state index contributed by atoms with van der Waals surface area (Å²) in [6, 6.07) is 6.62. The minimum Gasteiger partial charge on any atom is -0.496 e. The molecule has 9 heteroatoms. The summed E-state index contributed by atoms with van der Waals surface area (Å²) in [6.45, 7) is 3.35. The molecule has 7 nitrogen and oxygen atoms in total. The number of hydrogen-bond acceptors (Lipinski definition) is 5. The van der Waals surface area contributed by atoms with Crippen LogP contribution in [0.25, 0.3) is 0 Å². The zero-order chi connectivity index (χ0) is 18.1. The number of halogens is 1. The Morgan fingerprint density at radius 1 is 1.17 bits per heavy atom. The summed E-state index contributed by atoms with van der Waals surface area (Å²) < 4.78 is 32.7. The fourth-order valence-electron chi connectivity index (χ4n) is 2.18. The van der Waals surface area contributed by atoms with E-state index in [1.807, 2.05) is 0 Å². The molecule has 0 radical (unpaired) electrons. The van der Waals surface area contributed by atoms with Gasteiger partial charge in [-0.25, -0.2) is 8.42 Å². The second kappa shape index (κ2) is 6.66. The van der Waals surface area contributed by atoms with Crippen molar-refractivity contribution in [2.24, 2.45) is 0 Å². The number of hydrogen-bond donors (Lipinski definition) is 1. The van der Waals surface area contributed by atoms with Crippen LogP contribution in [-0.4, -0.2) is 20.5 Å². The number of ether oxygens (including phenoxy) is 1. The van der Waals surface area contributed by atoms with Gasteiger partial charge in [0.1, 0.15) is 5.75 Å². The van der Waals surface area contributed by atoms with E-state index >= 15 is 0 Å². The van der Waals surface area contributed by atoms with Crippen LogP contribution in [0.2, 0.25) is 5.02 Å². The van der Waals surface area contributed by atoms with Gasteiger partial charge in [-0.2, -0.15) is 0 Å². The summed E-state index contributed by atoms with van der Waals surface area (Å²) in [5.41, 5.74) is 0.804. The lowest BCUT2D eigenvalue weighted by Gasteiger charge is -2.14. The molecule has 128 valence electrons. The van der Waals surface area contributed by atoms with E-state index in [-0.39, 0.29) is 21.3 Å². The molecule has 0 spiro atoms. The molecule has 0 aromatic heterocycles. The summed E-state index contributed by atoms with van der Waals surface area (Å²) >= 11 is 5.94. The van der Waals surface area contributed by atoms with Crippen LogP contribution >= 0.6 is 11.6 Å². The van der Waals surface area contributed by atoms with Crippen molar-refractivity contribution in [2.45, 2.75) is 18.7 Å². The molecule has 0 saturated heterocycles. The SMILES string of the molecule is COc1cc(C)c(S(=O)(=O)Nc2cc([N+](=O)[O-])ccc2Cl)cc1C. The first-order chi connectivity index (χ1) is 11.2. The smallest absolute Gasteiger partial charge is 0.271 e. The van der Waals surface area contributed by atoms with E-state index in [1.165, 1.54) is 25.3 Å². The number of nitrogens with zero attached hydrogens (tertiary/aromatic N) is 1. The monoisotopic (exact) mass is 370 g/mol. The van der Waals surface area contributed by atoms with Crippen LogP contribution in [0.1, 0.15) is 11.1 Å². The topological polar surface area (TPSA) is 98.5 Å². The number of methoxy groups -OCH3 is 1. The molecule has 0 aliphatic rings. The van der Waals surface area contributed by atoms with Gasteiger partial charge in [0.2, 0.25) is 0 Å². The molecule has 0 saturated carbocycles. The lowest BCUT2D eigenvalue weighted by Crippen LogP contribution is -2.15. The standard InChI is InChI=1S/C15H15ClN2O5S/c1-9-7-15(10(2)6-14(9)23-3)24(21,22)17-13-8-11(18(19)20)4-5-12(13)16/h4-8,17H,1-3H3. The fourth-order valence-corrected chi connectivity index (χ4v) is 3.78. The van der Waals surface area contributed by atoms with Gasteiger partial charge >= 0.3 is 0 Å². The molecule has 2 aromatic rings. The normalized spacial score (nSPS) is 11.2. The van der Waals surface area contributed by atoms with Crippen LogP contribution in [0.5, 0.6) is 5.75 Å². The molecule has 1 N–H and O–H groups in total. The molecule has 0 atom stereocenters. The zero-order valence-corrected chi connectivity index (χ0v) is 14.7. The second-order valence-electron chi connectivity index (χ2n) is 5.11. The maximum atomic E-state index is 12.6. The Hall–Kier alpha value is -2.32. The van der Waals surface area contributed by atoms with E-state index in [1.54, 1.807) is 19.9 Å². The summed E-state index contributed by atoms with van der Waals surface area (Å²) in [5.74, 6) is 0.569. The lowest BCUT2D eigenvalue weighted by atomic mass is 10.1. The first-order valence-electron chi connectivity index (χ1n) is 6.77. The molecule has 0 unspecified atom stereocenters. The van der Waals surface area contributed by atoms with Gasteiger partial charge in [-0.3, -0.25) is 14.8 Å². The van der Waals surface area contributed by atoms with Gasteiger partial charge in [0, 0.05) is 12.1 Å². The average Bonchev–Trinajstić information content (AvgIpc) is 2.50. The maximum absolute atomic E-state index is 12.6. The van der Waals surface area contributed by atoms with E-state index < -0.39 is 14.9 Å². The summed E-state index contributed by atoms with van der Waals surface area (Å²) in [5, 5.41) is 10.9. The lowest BCUT2D eigenvalue weighted by molar-refractivity contribution is -0.384. The molecular formula is C15H15ClN2O5S. The van der Waals surface area contributed by atoms with Gasteiger partial charge < -0.3 is 4.74 Å². The number of aryl methyl sites for hydroxylation is 2. The molecule has 0 aliphatic carbocycles. The number of nitrogens with one attached hydrogen (secondary N) is 1. The van der Waals surface area contributed by atoms with E-state index in [9.17, 15) is 18.5 Å². The highest BCUT2D eigenvalue weighted by Crippen LogP contribution is 2.31. The number of nitro benzene ring substituents is 1. The van der Waals surface area contributed by atoms with Crippen molar-refractivity contribution in [3.63, 3.8) is 0 Å². The Balaban J connectivity index is 2.48. The van der Waals surface area contributed by atoms with Crippen LogP contribution in [-0.2, 0) is 10.0 Å². The Morgan fingerprint density at radius 2 is 1.83 bits per heavy atom.